The Bertz CT molecular complexity index is 2890. The zero-order valence-corrected chi connectivity index (χ0v) is 46.8. The lowest BCUT2D eigenvalue weighted by molar-refractivity contribution is -0.385. The van der Waals surface area contributed by atoms with Crippen molar-refractivity contribution in [3.05, 3.63) is 151 Å². The van der Waals surface area contributed by atoms with Crippen LogP contribution in [0.5, 0.6) is 0 Å². The van der Waals surface area contributed by atoms with Gasteiger partial charge in [-0.2, -0.15) is 0 Å². The Morgan fingerprint density at radius 2 is 0.854 bits per heavy atom. The highest BCUT2D eigenvalue weighted by atomic mass is 35.5. The van der Waals surface area contributed by atoms with Crippen LogP contribution in [0.15, 0.2) is 121 Å². The number of ether oxygens (including phenoxy) is 3. The Balaban J connectivity index is 0.000000153. The lowest BCUT2D eigenvalue weighted by Gasteiger charge is -2.35. The summed E-state index contributed by atoms with van der Waals surface area (Å²) < 4.78 is 14.3. The van der Waals surface area contributed by atoms with Crippen LogP contribution in [-0.2, 0) is 33.4 Å². The molecule has 0 radical (unpaired) electrons. The molecule has 7 aliphatic rings. The van der Waals surface area contributed by atoms with Gasteiger partial charge in [0.25, 0.3) is 34.8 Å². The van der Waals surface area contributed by atoms with Crippen LogP contribution in [0.4, 0.5) is 45.5 Å². The van der Waals surface area contributed by atoms with E-state index in [1.54, 1.807) is 34.1 Å². The number of halogens is 2. The maximum atomic E-state index is 12.7. The number of nitrogens with one attached hydrogen (secondary N) is 1. The number of hydrogen-bond acceptors (Lipinski definition) is 17. The molecule has 7 heterocycles. The van der Waals surface area contributed by atoms with Crippen molar-refractivity contribution in [2.24, 2.45) is 0 Å². The molecule has 0 spiro atoms. The smallest absolute Gasteiger partial charge is 0.274 e. The minimum absolute atomic E-state index is 0.0220. The predicted molar refractivity (Wildman–Crippen MR) is 311 cm³/mol. The molecule has 0 unspecified atom stereocenters. The van der Waals surface area contributed by atoms with Gasteiger partial charge in [0.2, 0.25) is 5.91 Å². The first-order valence-corrected chi connectivity index (χ1v) is 27.8. The van der Waals surface area contributed by atoms with E-state index in [0.29, 0.717) is 101 Å². The SMILES string of the molecule is C1COCCN1.Nc1ccc(N2CCC=C(N3CCOCC3)C2=O)cc1.O=C1C(N2CCOCC2)=CCCN1c1ccc([N+](=O)[O-])cc1.O=C1CCCCN1c1ccc([N+](=O)[O-])cc1.O=C1N(c2ccc([N+](=O)[O-])cc2)CCCC1(Cl)Cl. The molecule has 0 aliphatic carbocycles. The van der Waals surface area contributed by atoms with Crippen LogP contribution in [0.3, 0.4) is 0 Å². The Morgan fingerprint density at radius 3 is 1.23 bits per heavy atom. The van der Waals surface area contributed by atoms with Gasteiger partial charge in [0.1, 0.15) is 0 Å². The predicted octanol–water partition coefficient (Wildman–Crippen LogP) is 7.38. The van der Waals surface area contributed by atoms with Gasteiger partial charge in [0.15, 0.2) is 4.33 Å². The average Bonchev–Trinajstić information content (AvgIpc) is 3.54. The second-order valence-corrected chi connectivity index (χ2v) is 20.9. The fourth-order valence-corrected chi connectivity index (χ4v) is 10.0. The van der Waals surface area contributed by atoms with E-state index in [1.165, 1.54) is 53.4 Å². The molecule has 0 atom stereocenters. The molecule has 0 aromatic heterocycles. The van der Waals surface area contributed by atoms with Crippen LogP contribution in [0.2, 0.25) is 0 Å². The average molecular weight is 1170 g/mol. The Morgan fingerprint density at radius 1 is 0.476 bits per heavy atom. The number of rotatable bonds is 9. The van der Waals surface area contributed by atoms with Crippen LogP contribution in [0.25, 0.3) is 0 Å². The van der Waals surface area contributed by atoms with Crippen molar-refractivity contribution in [1.29, 1.82) is 0 Å². The third kappa shape index (κ3) is 17.2. The molecule has 3 N–H and O–H groups in total. The largest absolute Gasteiger partial charge is 0.399 e. The minimum Gasteiger partial charge on any atom is -0.399 e. The number of alkyl halides is 2. The first-order chi connectivity index (χ1) is 39.5. The Hall–Kier alpha value is -7.74. The lowest BCUT2D eigenvalue weighted by atomic mass is 10.1. The lowest BCUT2D eigenvalue weighted by Crippen LogP contribution is -2.47. The number of nitrogen functional groups attached to an aromatic ring is 1. The first kappa shape index (κ1) is 61.9. The van der Waals surface area contributed by atoms with Gasteiger partial charge in [-0.1, -0.05) is 35.4 Å². The fourth-order valence-electron chi connectivity index (χ4n) is 9.57. The van der Waals surface area contributed by atoms with E-state index < -0.39 is 19.1 Å². The topological polar surface area (TPSA) is 283 Å². The van der Waals surface area contributed by atoms with Gasteiger partial charge in [-0.05, 0) is 99.2 Å². The minimum atomic E-state index is -1.40. The molecule has 5 fully saturated rings. The van der Waals surface area contributed by atoms with Gasteiger partial charge in [-0.15, -0.1) is 0 Å². The number of piperidine rings is 2. The zero-order valence-electron chi connectivity index (χ0n) is 45.3. The van der Waals surface area contributed by atoms with Crippen molar-refractivity contribution in [2.75, 3.05) is 130 Å². The summed E-state index contributed by atoms with van der Waals surface area (Å²) in [5, 5.41) is 34.9. The maximum Gasteiger partial charge on any atom is 0.274 e. The molecule has 11 rings (SSSR count). The van der Waals surface area contributed by atoms with E-state index in [2.05, 4.69) is 10.2 Å². The molecule has 5 saturated heterocycles. The third-order valence-electron chi connectivity index (χ3n) is 13.9. The molecule has 24 nitrogen and oxygen atoms in total. The number of morpholine rings is 3. The molecule has 82 heavy (non-hydrogen) atoms. The maximum absolute atomic E-state index is 12.7. The molecule has 26 heteroatoms. The molecule has 4 amide bonds. The summed E-state index contributed by atoms with van der Waals surface area (Å²) in [6.07, 6.45) is 9.26. The van der Waals surface area contributed by atoms with E-state index in [-0.39, 0.29) is 40.7 Å². The standard InChI is InChI=1S/C15H17N3O4.C15H19N3O2.C11H10Cl2N2O3.C11H12N2O3.C4H9NO/c19-15-14(16-8-10-22-11-9-16)2-1-7-17(15)12-3-5-13(6-4-12)18(20)21;16-12-3-5-13(6-4-12)18-7-1-2-14(15(18)19)17-8-10-20-11-9-17;12-11(13)6-1-7-14(10(11)16)8-2-4-9(5-3-8)15(17)18;14-11-3-1-2-8-12(11)9-4-6-10(7-5-9)13(15)16;1-3-6-4-2-5-1/h2-6H,1,7-11H2;2-6H,1,7-11,16H2;2-5H,1,6-7H2;4-7H,1-3,8H2;5H,1-4H2. The van der Waals surface area contributed by atoms with Crippen molar-refractivity contribution >= 4 is 92.3 Å². The highest BCUT2D eigenvalue weighted by Gasteiger charge is 2.41. The molecular weight excluding hydrogens is 1110 g/mol. The fraction of sp³-hybridized carbons (Fsp3) is 0.429. The number of carbonyl (C=O) groups excluding carboxylic acids is 4. The van der Waals surface area contributed by atoms with E-state index in [0.717, 1.165) is 88.7 Å². The van der Waals surface area contributed by atoms with Crippen LogP contribution >= 0.6 is 23.2 Å². The number of anilines is 5. The molecule has 4 aromatic rings. The zero-order chi connectivity index (χ0) is 58.6. The Labute approximate surface area is 484 Å². The Kier molecular flexibility index (Phi) is 22.9. The number of benzene rings is 4. The number of carbonyl (C=O) groups is 4. The number of nitrogens with zero attached hydrogens (tertiary/aromatic N) is 9. The first-order valence-electron chi connectivity index (χ1n) is 27.1. The number of amides is 4. The molecule has 4 aromatic carbocycles. The summed E-state index contributed by atoms with van der Waals surface area (Å²) in [6, 6.07) is 25.4. The van der Waals surface area contributed by atoms with Crippen molar-refractivity contribution < 1.29 is 48.2 Å². The van der Waals surface area contributed by atoms with Crippen LogP contribution < -0.4 is 30.7 Å². The number of hydrogen-bond donors (Lipinski definition) is 2. The normalized spacial score (nSPS) is 19.0. The van der Waals surface area contributed by atoms with Gasteiger partial charge >= 0.3 is 0 Å². The van der Waals surface area contributed by atoms with E-state index in [4.69, 9.17) is 43.1 Å². The van der Waals surface area contributed by atoms with Crippen LogP contribution in [0.1, 0.15) is 44.9 Å². The summed E-state index contributed by atoms with van der Waals surface area (Å²) >= 11 is 11.8. The molecule has 0 saturated carbocycles. The van der Waals surface area contributed by atoms with Crippen molar-refractivity contribution in [2.45, 2.75) is 49.3 Å². The molecular formula is C56H67Cl2N11O13. The monoisotopic (exact) mass is 1170 g/mol. The summed E-state index contributed by atoms with van der Waals surface area (Å²) in [6.45, 7) is 12.0. The second kappa shape index (κ2) is 30.4. The second-order valence-electron chi connectivity index (χ2n) is 19.4. The number of nitro benzene ring substituents is 3. The van der Waals surface area contributed by atoms with E-state index >= 15 is 0 Å². The summed E-state index contributed by atoms with van der Waals surface area (Å²) in [5.74, 6) is -0.268. The van der Waals surface area contributed by atoms with E-state index in [1.807, 2.05) is 46.2 Å². The highest BCUT2D eigenvalue weighted by Crippen LogP contribution is 2.36. The van der Waals surface area contributed by atoms with Gasteiger partial charge in [-0.25, -0.2) is 0 Å². The van der Waals surface area contributed by atoms with Gasteiger partial charge in [0.05, 0.1) is 65.8 Å². The van der Waals surface area contributed by atoms with Gasteiger partial charge in [0, 0.05) is 137 Å². The highest BCUT2D eigenvalue weighted by molar-refractivity contribution is 6.59. The summed E-state index contributed by atoms with van der Waals surface area (Å²) in [4.78, 5) is 90.1. The van der Waals surface area contributed by atoms with Gasteiger partial charge in [-0.3, -0.25) is 49.5 Å². The van der Waals surface area contributed by atoms with Crippen molar-refractivity contribution in [1.82, 2.24) is 15.1 Å². The summed E-state index contributed by atoms with van der Waals surface area (Å²) in [7, 11) is 0. The number of nitro groups is 3. The van der Waals surface area contributed by atoms with Crippen molar-refractivity contribution in [3.8, 4) is 0 Å². The summed E-state index contributed by atoms with van der Waals surface area (Å²) in [5.41, 5.74) is 10.9. The van der Waals surface area contributed by atoms with Crippen LogP contribution in [-0.4, -0.2) is 158 Å². The third-order valence-corrected chi connectivity index (χ3v) is 14.6. The van der Waals surface area contributed by atoms with Gasteiger partial charge < -0.3 is 54.7 Å². The molecule has 0 bridgehead atoms. The number of nitrogens with two attached hydrogens (primary N) is 1. The number of non-ortho nitro benzene ring substituents is 3. The molecule has 7 aliphatic heterocycles. The quantitative estimate of drug-likeness (QED) is 0.0715. The van der Waals surface area contributed by atoms with E-state index in [9.17, 15) is 49.5 Å². The molecule has 438 valence electrons. The van der Waals surface area contributed by atoms with Crippen molar-refractivity contribution in [3.63, 3.8) is 0 Å². The van der Waals surface area contributed by atoms with Crippen LogP contribution in [0, 0.1) is 30.3 Å².